The first-order valence-corrected chi connectivity index (χ1v) is 5.57. The third-order valence-corrected chi connectivity index (χ3v) is 2.61. The highest BCUT2D eigenvalue weighted by Gasteiger charge is 2.12. The van der Waals surface area contributed by atoms with Crippen molar-refractivity contribution in [2.24, 2.45) is 5.73 Å². The highest BCUT2D eigenvalue weighted by atomic mass is 16.1. The molecule has 0 bridgehead atoms. The number of aromatic nitrogens is 1. The number of hydrogen-bond acceptors (Lipinski definition) is 3. The van der Waals surface area contributed by atoms with Crippen LogP contribution in [-0.4, -0.2) is 23.5 Å². The highest BCUT2D eigenvalue weighted by molar-refractivity contribution is 6.05. The molecule has 4 nitrogen and oxygen atoms in total. The summed E-state index contributed by atoms with van der Waals surface area (Å²) in [5.74, 6) is -0.132. The van der Waals surface area contributed by atoms with Crippen molar-refractivity contribution in [2.45, 2.75) is 13.0 Å². The van der Waals surface area contributed by atoms with E-state index in [0.717, 1.165) is 10.9 Å². The minimum atomic E-state index is -0.132. The molecule has 0 spiro atoms. The highest BCUT2D eigenvalue weighted by Crippen LogP contribution is 2.15. The lowest BCUT2D eigenvalue weighted by molar-refractivity contribution is 0.0943. The Morgan fingerprint density at radius 2 is 2.18 bits per heavy atom. The average Bonchev–Trinajstić information content (AvgIpc) is 2.37. The van der Waals surface area contributed by atoms with E-state index >= 15 is 0 Å². The Labute approximate surface area is 99.8 Å². The molecular weight excluding hydrogens is 214 g/mol. The summed E-state index contributed by atoms with van der Waals surface area (Å²) < 4.78 is 0. The Morgan fingerprint density at radius 1 is 1.41 bits per heavy atom. The van der Waals surface area contributed by atoms with Gasteiger partial charge in [0, 0.05) is 24.2 Å². The van der Waals surface area contributed by atoms with E-state index in [9.17, 15) is 4.79 Å². The van der Waals surface area contributed by atoms with Crippen LogP contribution >= 0.6 is 0 Å². The van der Waals surface area contributed by atoms with Crippen molar-refractivity contribution in [1.29, 1.82) is 0 Å². The fraction of sp³-hybridized carbons (Fsp3) is 0.231. The van der Waals surface area contributed by atoms with Gasteiger partial charge in [0.05, 0.1) is 11.1 Å². The Hall–Kier alpha value is -1.94. The quantitative estimate of drug-likeness (QED) is 0.833. The van der Waals surface area contributed by atoms with Crippen LogP contribution in [0.15, 0.2) is 36.5 Å². The predicted molar refractivity (Wildman–Crippen MR) is 67.7 cm³/mol. The summed E-state index contributed by atoms with van der Waals surface area (Å²) in [4.78, 5) is 16.3. The molecule has 4 heteroatoms. The van der Waals surface area contributed by atoms with Crippen LogP contribution in [0, 0.1) is 0 Å². The zero-order valence-electron chi connectivity index (χ0n) is 9.68. The van der Waals surface area contributed by atoms with Crippen molar-refractivity contribution in [3.05, 3.63) is 42.1 Å². The monoisotopic (exact) mass is 229 g/mol. The first kappa shape index (κ1) is 11.5. The number of rotatable bonds is 3. The molecule has 0 aliphatic rings. The molecule has 1 amide bonds. The van der Waals surface area contributed by atoms with Crippen molar-refractivity contribution in [2.75, 3.05) is 6.54 Å². The number of carbonyl (C=O) groups excluding carboxylic acids is 1. The van der Waals surface area contributed by atoms with Gasteiger partial charge in [0.2, 0.25) is 0 Å². The van der Waals surface area contributed by atoms with E-state index in [1.807, 2.05) is 31.2 Å². The molecule has 17 heavy (non-hydrogen) atoms. The molecule has 2 aromatic rings. The van der Waals surface area contributed by atoms with E-state index in [0.29, 0.717) is 12.1 Å². The molecule has 0 aliphatic carbocycles. The Morgan fingerprint density at radius 3 is 2.94 bits per heavy atom. The van der Waals surface area contributed by atoms with Gasteiger partial charge in [0.25, 0.3) is 5.91 Å². The van der Waals surface area contributed by atoms with Gasteiger partial charge in [0.1, 0.15) is 0 Å². The van der Waals surface area contributed by atoms with E-state index in [1.165, 1.54) is 0 Å². The van der Waals surface area contributed by atoms with Gasteiger partial charge in [-0.3, -0.25) is 9.78 Å². The summed E-state index contributed by atoms with van der Waals surface area (Å²) in [5.41, 5.74) is 6.79. The second kappa shape index (κ2) is 4.93. The zero-order valence-corrected chi connectivity index (χ0v) is 9.68. The number of carbonyl (C=O) groups is 1. The average molecular weight is 229 g/mol. The lowest BCUT2D eigenvalue weighted by Gasteiger charge is -2.12. The number of hydrogen-bond donors (Lipinski definition) is 2. The van der Waals surface area contributed by atoms with Gasteiger partial charge < -0.3 is 11.1 Å². The van der Waals surface area contributed by atoms with Crippen LogP contribution in [0.1, 0.15) is 17.3 Å². The molecule has 0 saturated heterocycles. The first-order chi connectivity index (χ1) is 8.22. The summed E-state index contributed by atoms with van der Waals surface area (Å²) in [6.07, 6.45) is 1.69. The lowest BCUT2D eigenvalue weighted by atomic mass is 10.1. The smallest absolute Gasteiger partial charge is 0.253 e. The molecule has 88 valence electrons. The zero-order chi connectivity index (χ0) is 12.3. The third-order valence-electron chi connectivity index (χ3n) is 2.61. The van der Waals surface area contributed by atoms with Gasteiger partial charge in [-0.05, 0) is 19.1 Å². The van der Waals surface area contributed by atoms with Crippen LogP contribution in [0.2, 0.25) is 0 Å². The third kappa shape index (κ3) is 2.42. The van der Waals surface area contributed by atoms with E-state index < -0.39 is 0 Å². The maximum Gasteiger partial charge on any atom is 0.253 e. The summed E-state index contributed by atoms with van der Waals surface area (Å²) in [7, 11) is 0. The molecule has 0 saturated carbocycles. The predicted octanol–water partition coefficient (Wildman–Crippen LogP) is 1.31. The fourth-order valence-corrected chi connectivity index (χ4v) is 1.65. The number of para-hydroxylation sites is 1. The maximum atomic E-state index is 12.0. The molecule has 0 radical (unpaired) electrons. The van der Waals surface area contributed by atoms with Crippen molar-refractivity contribution < 1.29 is 4.79 Å². The van der Waals surface area contributed by atoms with Crippen LogP contribution in [0.25, 0.3) is 10.9 Å². The van der Waals surface area contributed by atoms with E-state index in [2.05, 4.69) is 10.3 Å². The lowest BCUT2D eigenvalue weighted by Crippen LogP contribution is -2.37. The van der Waals surface area contributed by atoms with Crippen molar-refractivity contribution >= 4 is 16.8 Å². The van der Waals surface area contributed by atoms with Crippen LogP contribution in [0.3, 0.4) is 0 Å². The number of amides is 1. The largest absolute Gasteiger partial charge is 0.348 e. The minimum Gasteiger partial charge on any atom is -0.348 e. The summed E-state index contributed by atoms with van der Waals surface area (Å²) in [5, 5.41) is 3.79. The number of nitrogens with zero attached hydrogens (tertiary/aromatic N) is 1. The van der Waals surface area contributed by atoms with Gasteiger partial charge in [-0.1, -0.05) is 18.2 Å². The molecule has 1 aromatic heterocycles. The maximum absolute atomic E-state index is 12.0. The molecule has 0 aliphatic heterocycles. The number of nitrogens with two attached hydrogens (primary N) is 1. The molecule has 2 rings (SSSR count). The van der Waals surface area contributed by atoms with E-state index in [1.54, 1.807) is 12.3 Å². The minimum absolute atomic E-state index is 0.0403. The Bertz CT molecular complexity index is 534. The standard InChI is InChI=1S/C13H15N3O/c1-9(8-14)16-13(17)11-6-2-4-10-5-3-7-15-12(10)11/h2-7,9H,8,14H2,1H3,(H,16,17). The van der Waals surface area contributed by atoms with Crippen LogP contribution in [0.4, 0.5) is 0 Å². The summed E-state index contributed by atoms with van der Waals surface area (Å²) in [6, 6.07) is 9.31. The number of benzene rings is 1. The van der Waals surface area contributed by atoms with Gasteiger partial charge in [-0.15, -0.1) is 0 Å². The number of fused-ring (bicyclic) bond motifs is 1. The fourth-order valence-electron chi connectivity index (χ4n) is 1.65. The summed E-state index contributed by atoms with van der Waals surface area (Å²) in [6.45, 7) is 2.29. The normalized spacial score (nSPS) is 12.4. The second-order valence-corrected chi connectivity index (χ2v) is 3.99. The molecule has 1 aromatic carbocycles. The van der Waals surface area contributed by atoms with Crippen molar-refractivity contribution in [3.63, 3.8) is 0 Å². The van der Waals surface area contributed by atoms with Crippen LogP contribution in [0.5, 0.6) is 0 Å². The number of pyridine rings is 1. The Kier molecular flexibility index (Phi) is 3.35. The van der Waals surface area contributed by atoms with E-state index in [4.69, 9.17) is 5.73 Å². The van der Waals surface area contributed by atoms with Crippen LogP contribution in [-0.2, 0) is 0 Å². The van der Waals surface area contributed by atoms with Crippen LogP contribution < -0.4 is 11.1 Å². The van der Waals surface area contributed by atoms with E-state index in [-0.39, 0.29) is 11.9 Å². The molecule has 1 heterocycles. The molecule has 0 fully saturated rings. The Balaban J connectivity index is 2.38. The summed E-state index contributed by atoms with van der Waals surface area (Å²) >= 11 is 0. The van der Waals surface area contributed by atoms with Gasteiger partial charge in [-0.2, -0.15) is 0 Å². The van der Waals surface area contributed by atoms with Crippen molar-refractivity contribution in [1.82, 2.24) is 10.3 Å². The van der Waals surface area contributed by atoms with Crippen molar-refractivity contribution in [3.8, 4) is 0 Å². The first-order valence-electron chi connectivity index (χ1n) is 5.57. The second-order valence-electron chi connectivity index (χ2n) is 3.99. The van der Waals surface area contributed by atoms with Gasteiger partial charge >= 0.3 is 0 Å². The molecule has 1 atom stereocenters. The SMILES string of the molecule is CC(CN)NC(=O)c1cccc2cccnc12. The number of nitrogens with one attached hydrogen (secondary N) is 1. The molecular formula is C13H15N3O. The van der Waals surface area contributed by atoms with Gasteiger partial charge in [-0.25, -0.2) is 0 Å². The topological polar surface area (TPSA) is 68.0 Å². The molecule has 1 unspecified atom stereocenters. The molecule has 3 N–H and O–H groups in total. The van der Waals surface area contributed by atoms with Gasteiger partial charge in [0.15, 0.2) is 0 Å².